The number of halogens is 2. The molecule has 0 aliphatic heterocycles. The van der Waals surface area contributed by atoms with Gasteiger partial charge in [0.25, 0.3) is 0 Å². The Hall–Kier alpha value is 0.290. The number of thioether (sulfide) groups is 1. The van der Waals surface area contributed by atoms with Crippen LogP contribution in [-0.2, 0) is 6.54 Å². The summed E-state index contributed by atoms with van der Waals surface area (Å²) in [7, 11) is 1.70. The molecule has 1 aromatic rings. The molecular formula is C13H19Br2NOS. The van der Waals surface area contributed by atoms with Crippen LogP contribution in [0.15, 0.2) is 21.1 Å². The quantitative estimate of drug-likeness (QED) is 0.735. The Balaban J connectivity index is 2.66. The molecule has 0 aromatic heterocycles. The van der Waals surface area contributed by atoms with Gasteiger partial charge in [-0.05, 0) is 53.4 Å². The van der Waals surface area contributed by atoms with Gasteiger partial charge in [-0.3, -0.25) is 0 Å². The van der Waals surface area contributed by atoms with E-state index in [-0.39, 0.29) is 0 Å². The van der Waals surface area contributed by atoms with E-state index >= 15 is 0 Å². The van der Waals surface area contributed by atoms with Crippen LogP contribution < -0.4 is 10.1 Å². The van der Waals surface area contributed by atoms with Gasteiger partial charge in [0.15, 0.2) is 0 Å². The van der Waals surface area contributed by atoms with Crippen LogP contribution in [0.2, 0.25) is 0 Å². The van der Waals surface area contributed by atoms with E-state index < -0.39 is 0 Å². The lowest BCUT2D eigenvalue weighted by Gasteiger charge is -2.16. The molecule has 5 heteroatoms. The lowest BCUT2D eigenvalue weighted by atomic mass is 10.2. The summed E-state index contributed by atoms with van der Waals surface area (Å²) >= 11 is 8.91. The first-order valence-electron chi connectivity index (χ1n) is 5.82. The maximum atomic E-state index is 5.43. The van der Waals surface area contributed by atoms with Crippen LogP contribution in [0.4, 0.5) is 0 Å². The summed E-state index contributed by atoms with van der Waals surface area (Å²) < 4.78 is 7.47. The third-order valence-corrected chi connectivity index (χ3v) is 4.38. The average Bonchev–Trinajstić information content (AvgIpc) is 2.33. The molecular weight excluding hydrogens is 378 g/mol. The summed E-state index contributed by atoms with van der Waals surface area (Å²) in [5.41, 5.74) is 1.16. The number of benzene rings is 1. The van der Waals surface area contributed by atoms with Gasteiger partial charge in [0, 0.05) is 22.6 Å². The minimum absolute atomic E-state index is 0.514. The van der Waals surface area contributed by atoms with Crippen molar-refractivity contribution in [1.82, 2.24) is 5.32 Å². The number of rotatable bonds is 7. The first kappa shape index (κ1) is 16.3. The van der Waals surface area contributed by atoms with Crippen molar-refractivity contribution in [2.45, 2.75) is 25.9 Å². The Morgan fingerprint density at radius 2 is 2.11 bits per heavy atom. The second kappa shape index (κ2) is 8.46. The molecule has 1 rings (SSSR count). The first-order chi connectivity index (χ1) is 8.58. The Bertz CT molecular complexity index is 387. The third kappa shape index (κ3) is 5.11. The second-order valence-electron chi connectivity index (χ2n) is 4.14. The van der Waals surface area contributed by atoms with Gasteiger partial charge in [-0.1, -0.05) is 15.9 Å². The number of methoxy groups -OCH3 is 1. The smallest absolute Gasteiger partial charge is 0.137 e. The fourth-order valence-corrected chi connectivity index (χ4v) is 3.72. The lowest BCUT2D eigenvalue weighted by molar-refractivity contribution is 0.402. The molecule has 0 fully saturated rings. The fourth-order valence-electron chi connectivity index (χ4n) is 1.65. The van der Waals surface area contributed by atoms with Crippen LogP contribution in [0.25, 0.3) is 0 Å². The summed E-state index contributed by atoms with van der Waals surface area (Å²) in [5.74, 6) is 2.09. The van der Waals surface area contributed by atoms with E-state index in [2.05, 4.69) is 56.4 Å². The van der Waals surface area contributed by atoms with Gasteiger partial charge in [-0.15, -0.1) is 0 Å². The fraction of sp³-hybridized carbons (Fsp3) is 0.538. The Morgan fingerprint density at radius 3 is 2.72 bits per heavy atom. The van der Waals surface area contributed by atoms with Crippen LogP contribution in [0.5, 0.6) is 5.75 Å². The molecule has 1 atom stereocenters. The standard InChI is InChI=1S/C13H19Br2NOS/c1-9(4-5-18-3)16-8-10-6-11(14)7-12(15)13(10)17-2/h6-7,9,16H,4-5,8H2,1-3H3. The lowest BCUT2D eigenvalue weighted by Crippen LogP contribution is -2.26. The van der Waals surface area contributed by atoms with Crippen molar-refractivity contribution in [1.29, 1.82) is 0 Å². The largest absolute Gasteiger partial charge is 0.495 e. The molecule has 0 radical (unpaired) electrons. The minimum atomic E-state index is 0.514. The topological polar surface area (TPSA) is 21.3 Å². The van der Waals surface area contributed by atoms with E-state index in [1.807, 2.05) is 17.8 Å². The van der Waals surface area contributed by atoms with Gasteiger partial charge in [-0.2, -0.15) is 11.8 Å². The Morgan fingerprint density at radius 1 is 1.39 bits per heavy atom. The monoisotopic (exact) mass is 395 g/mol. The van der Waals surface area contributed by atoms with Gasteiger partial charge >= 0.3 is 0 Å². The summed E-state index contributed by atoms with van der Waals surface area (Å²) in [5, 5.41) is 3.53. The molecule has 1 unspecified atom stereocenters. The molecule has 2 nitrogen and oxygen atoms in total. The zero-order valence-corrected chi connectivity index (χ0v) is 14.9. The van der Waals surface area contributed by atoms with Crippen molar-refractivity contribution in [2.24, 2.45) is 0 Å². The van der Waals surface area contributed by atoms with Gasteiger partial charge in [-0.25, -0.2) is 0 Å². The highest BCUT2D eigenvalue weighted by molar-refractivity contribution is 9.11. The third-order valence-electron chi connectivity index (χ3n) is 2.69. The van der Waals surface area contributed by atoms with Crippen molar-refractivity contribution >= 4 is 43.6 Å². The van der Waals surface area contributed by atoms with Gasteiger partial charge in [0.05, 0.1) is 11.6 Å². The molecule has 1 N–H and O–H groups in total. The molecule has 0 saturated heterocycles. The van der Waals surface area contributed by atoms with Crippen LogP contribution in [0.1, 0.15) is 18.9 Å². The van der Waals surface area contributed by atoms with Crippen LogP contribution >= 0.6 is 43.6 Å². The molecule has 0 saturated carbocycles. The van der Waals surface area contributed by atoms with Crippen molar-refractivity contribution < 1.29 is 4.74 Å². The van der Waals surface area contributed by atoms with E-state index in [4.69, 9.17) is 4.74 Å². The number of ether oxygens (including phenoxy) is 1. The van der Waals surface area contributed by atoms with Gasteiger partial charge in [0.1, 0.15) is 5.75 Å². The maximum Gasteiger partial charge on any atom is 0.137 e. The number of hydrogen-bond acceptors (Lipinski definition) is 3. The molecule has 0 aliphatic rings. The predicted octanol–water partition coefficient (Wildman–Crippen LogP) is 4.45. The number of nitrogens with one attached hydrogen (secondary N) is 1. The van der Waals surface area contributed by atoms with E-state index in [0.717, 1.165) is 26.8 Å². The van der Waals surface area contributed by atoms with Crippen molar-refractivity contribution in [3.63, 3.8) is 0 Å². The second-order valence-corrected chi connectivity index (χ2v) is 6.90. The summed E-state index contributed by atoms with van der Waals surface area (Å²) in [6, 6.07) is 4.61. The first-order valence-corrected chi connectivity index (χ1v) is 8.80. The zero-order valence-electron chi connectivity index (χ0n) is 10.9. The van der Waals surface area contributed by atoms with E-state index in [1.165, 1.54) is 12.2 Å². The minimum Gasteiger partial charge on any atom is -0.495 e. The number of hydrogen-bond donors (Lipinski definition) is 1. The molecule has 1 aromatic carbocycles. The van der Waals surface area contributed by atoms with E-state index in [0.29, 0.717) is 6.04 Å². The van der Waals surface area contributed by atoms with E-state index in [1.54, 1.807) is 7.11 Å². The zero-order chi connectivity index (χ0) is 13.5. The molecule has 0 spiro atoms. The molecule has 102 valence electrons. The highest BCUT2D eigenvalue weighted by Crippen LogP contribution is 2.32. The molecule has 18 heavy (non-hydrogen) atoms. The van der Waals surface area contributed by atoms with Gasteiger partial charge < -0.3 is 10.1 Å². The highest BCUT2D eigenvalue weighted by atomic mass is 79.9. The van der Waals surface area contributed by atoms with E-state index in [9.17, 15) is 0 Å². The Labute approximate surface area is 131 Å². The molecule has 0 heterocycles. The van der Waals surface area contributed by atoms with Crippen molar-refractivity contribution in [3.8, 4) is 5.75 Å². The predicted molar refractivity (Wildman–Crippen MR) is 87.7 cm³/mol. The molecule has 0 aliphatic carbocycles. The Kier molecular flexibility index (Phi) is 7.68. The molecule has 0 amide bonds. The van der Waals surface area contributed by atoms with Gasteiger partial charge in [0.2, 0.25) is 0 Å². The highest BCUT2D eigenvalue weighted by Gasteiger charge is 2.10. The molecule has 0 bridgehead atoms. The normalized spacial score (nSPS) is 12.5. The van der Waals surface area contributed by atoms with Crippen molar-refractivity contribution in [2.75, 3.05) is 19.1 Å². The van der Waals surface area contributed by atoms with Crippen molar-refractivity contribution in [3.05, 3.63) is 26.6 Å². The van der Waals surface area contributed by atoms with Crippen LogP contribution in [-0.4, -0.2) is 25.2 Å². The van der Waals surface area contributed by atoms with Crippen LogP contribution in [0, 0.1) is 0 Å². The average molecular weight is 397 g/mol. The summed E-state index contributed by atoms with van der Waals surface area (Å²) in [4.78, 5) is 0. The SMILES string of the molecule is COc1c(Br)cc(Br)cc1CNC(C)CCSC. The summed E-state index contributed by atoms with van der Waals surface area (Å²) in [6.07, 6.45) is 3.32. The maximum absolute atomic E-state index is 5.43. The summed E-state index contributed by atoms with van der Waals surface area (Å²) in [6.45, 7) is 3.03. The van der Waals surface area contributed by atoms with Crippen LogP contribution in [0.3, 0.4) is 0 Å².